The fraction of sp³-hybridized carbons (Fsp3) is 0.294. The smallest absolute Gasteiger partial charge is 0.243 e. The molecule has 1 aliphatic rings. The number of aromatic nitrogens is 4. The van der Waals surface area contributed by atoms with E-state index in [0.29, 0.717) is 35.5 Å². The molecule has 0 N–H and O–H groups in total. The van der Waals surface area contributed by atoms with Crippen LogP contribution in [0.4, 0.5) is 0 Å². The van der Waals surface area contributed by atoms with E-state index in [9.17, 15) is 8.42 Å². The molecule has 1 aliphatic heterocycles. The van der Waals surface area contributed by atoms with Gasteiger partial charge in [-0.2, -0.15) is 9.29 Å². The zero-order valence-electron chi connectivity index (χ0n) is 14.1. The first kappa shape index (κ1) is 16.8. The Morgan fingerprint density at radius 3 is 2.46 bits per heavy atom. The maximum Gasteiger partial charge on any atom is 0.243 e. The van der Waals surface area contributed by atoms with Crippen molar-refractivity contribution < 1.29 is 12.9 Å². The number of aryl methyl sites for hydroxylation is 1. The number of hydrogen-bond acceptors (Lipinski definition) is 7. The van der Waals surface area contributed by atoms with E-state index in [1.54, 1.807) is 30.6 Å². The Labute approximate surface area is 151 Å². The van der Waals surface area contributed by atoms with Gasteiger partial charge in [-0.3, -0.25) is 0 Å². The molecule has 1 saturated heterocycles. The highest BCUT2D eigenvalue weighted by Crippen LogP contribution is 2.31. The van der Waals surface area contributed by atoms with E-state index in [4.69, 9.17) is 4.52 Å². The summed E-state index contributed by atoms with van der Waals surface area (Å²) in [5, 5.41) is 3.87. The highest BCUT2D eigenvalue weighted by molar-refractivity contribution is 7.89. The Bertz CT molecular complexity index is 996. The van der Waals surface area contributed by atoms with E-state index in [2.05, 4.69) is 20.1 Å². The normalized spacial score (nSPS) is 15.7. The van der Waals surface area contributed by atoms with Crippen LogP contribution in [-0.4, -0.2) is 45.9 Å². The lowest BCUT2D eigenvalue weighted by Gasteiger charge is -2.35. The summed E-state index contributed by atoms with van der Waals surface area (Å²) in [6, 6.07) is 8.69. The SMILES string of the molecule is CCc1ccc(S(=O)(=O)N2CC(c3nc(-c4ncccn4)no3)C2)cc1. The summed E-state index contributed by atoms with van der Waals surface area (Å²) in [6.45, 7) is 2.66. The molecule has 0 radical (unpaired) electrons. The minimum atomic E-state index is -3.49. The second kappa shape index (κ2) is 6.58. The molecule has 26 heavy (non-hydrogen) atoms. The van der Waals surface area contributed by atoms with E-state index in [0.717, 1.165) is 12.0 Å². The van der Waals surface area contributed by atoms with E-state index < -0.39 is 10.0 Å². The summed E-state index contributed by atoms with van der Waals surface area (Å²) in [4.78, 5) is 12.7. The van der Waals surface area contributed by atoms with E-state index in [1.165, 1.54) is 4.31 Å². The van der Waals surface area contributed by atoms with Crippen LogP contribution in [0.25, 0.3) is 11.6 Å². The first-order chi connectivity index (χ1) is 12.6. The van der Waals surface area contributed by atoms with Crippen molar-refractivity contribution >= 4 is 10.0 Å². The van der Waals surface area contributed by atoms with E-state index >= 15 is 0 Å². The second-order valence-corrected chi connectivity index (χ2v) is 7.98. The summed E-state index contributed by atoms with van der Waals surface area (Å²) in [7, 11) is -3.49. The average molecular weight is 371 g/mol. The van der Waals surface area contributed by atoms with Gasteiger partial charge in [0.25, 0.3) is 0 Å². The minimum absolute atomic E-state index is 0.121. The Balaban J connectivity index is 1.46. The van der Waals surface area contributed by atoms with Gasteiger partial charge in [-0.1, -0.05) is 24.2 Å². The van der Waals surface area contributed by atoms with Gasteiger partial charge in [0.15, 0.2) is 0 Å². The third kappa shape index (κ3) is 2.99. The van der Waals surface area contributed by atoms with Crippen molar-refractivity contribution in [3.63, 3.8) is 0 Å². The van der Waals surface area contributed by atoms with Crippen LogP contribution in [-0.2, 0) is 16.4 Å². The molecule has 134 valence electrons. The first-order valence-corrected chi connectivity index (χ1v) is 9.72. The topological polar surface area (TPSA) is 102 Å². The Morgan fingerprint density at radius 1 is 1.12 bits per heavy atom. The number of hydrogen-bond donors (Lipinski definition) is 0. The van der Waals surface area contributed by atoms with Crippen LogP contribution in [0.2, 0.25) is 0 Å². The number of sulfonamides is 1. The quantitative estimate of drug-likeness (QED) is 0.674. The first-order valence-electron chi connectivity index (χ1n) is 8.28. The van der Waals surface area contributed by atoms with Crippen molar-refractivity contribution in [3.05, 3.63) is 54.2 Å². The van der Waals surface area contributed by atoms with Gasteiger partial charge in [-0.25, -0.2) is 18.4 Å². The molecule has 0 unspecified atom stereocenters. The number of nitrogens with zero attached hydrogens (tertiary/aromatic N) is 5. The van der Waals surface area contributed by atoms with Crippen LogP contribution in [0, 0.1) is 0 Å². The third-order valence-corrected chi connectivity index (χ3v) is 6.22. The molecular weight excluding hydrogens is 354 g/mol. The molecular formula is C17H17N5O3S. The van der Waals surface area contributed by atoms with Crippen LogP contribution in [0.3, 0.4) is 0 Å². The molecule has 0 aliphatic carbocycles. The van der Waals surface area contributed by atoms with Crippen LogP contribution in [0.1, 0.15) is 24.3 Å². The van der Waals surface area contributed by atoms with E-state index in [1.807, 2.05) is 19.1 Å². The molecule has 0 spiro atoms. The molecule has 0 bridgehead atoms. The molecule has 4 rings (SSSR count). The summed E-state index contributed by atoms with van der Waals surface area (Å²) >= 11 is 0. The molecule has 2 aromatic heterocycles. The second-order valence-electron chi connectivity index (χ2n) is 6.05. The number of rotatable bonds is 5. The van der Waals surface area contributed by atoms with Gasteiger partial charge >= 0.3 is 0 Å². The van der Waals surface area contributed by atoms with Crippen molar-refractivity contribution in [2.75, 3.05) is 13.1 Å². The monoisotopic (exact) mass is 371 g/mol. The number of benzene rings is 1. The minimum Gasteiger partial charge on any atom is -0.338 e. The molecule has 1 fully saturated rings. The zero-order valence-corrected chi connectivity index (χ0v) is 14.9. The maximum absolute atomic E-state index is 12.7. The Kier molecular flexibility index (Phi) is 4.25. The highest BCUT2D eigenvalue weighted by Gasteiger charge is 2.40. The Hall–Kier alpha value is -2.65. The average Bonchev–Trinajstić information content (AvgIpc) is 3.10. The predicted molar refractivity (Wildman–Crippen MR) is 92.6 cm³/mol. The van der Waals surface area contributed by atoms with Crippen LogP contribution >= 0.6 is 0 Å². The summed E-state index contributed by atoms with van der Waals surface area (Å²) in [5.41, 5.74) is 1.10. The van der Waals surface area contributed by atoms with Gasteiger partial charge in [-0.05, 0) is 30.2 Å². The standard InChI is InChI=1S/C17H17N5O3S/c1-2-12-4-6-14(7-5-12)26(23,24)22-10-13(11-22)17-20-16(21-25-17)15-18-8-3-9-19-15/h3-9,13H,2,10-11H2,1H3. The predicted octanol–water partition coefficient (Wildman–Crippen LogP) is 1.88. The molecule has 3 aromatic rings. The van der Waals surface area contributed by atoms with Crippen molar-refractivity contribution in [2.45, 2.75) is 24.2 Å². The Morgan fingerprint density at radius 2 is 1.81 bits per heavy atom. The van der Waals surface area contributed by atoms with Gasteiger partial charge < -0.3 is 4.52 Å². The highest BCUT2D eigenvalue weighted by atomic mass is 32.2. The van der Waals surface area contributed by atoms with Gasteiger partial charge in [0.1, 0.15) is 0 Å². The molecule has 0 amide bonds. The summed E-state index contributed by atoms with van der Waals surface area (Å²) < 4.78 is 32.0. The lowest BCUT2D eigenvalue weighted by atomic mass is 10.0. The summed E-state index contributed by atoms with van der Waals surface area (Å²) in [6.07, 6.45) is 4.07. The third-order valence-electron chi connectivity index (χ3n) is 4.37. The lowest BCUT2D eigenvalue weighted by Crippen LogP contribution is -2.48. The molecule has 0 saturated carbocycles. The van der Waals surface area contributed by atoms with Crippen LogP contribution in [0.15, 0.2) is 52.1 Å². The molecule has 3 heterocycles. The fourth-order valence-corrected chi connectivity index (χ4v) is 4.27. The van der Waals surface area contributed by atoms with Gasteiger partial charge in [0.2, 0.25) is 27.6 Å². The van der Waals surface area contributed by atoms with Crippen molar-refractivity contribution in [3.8, 4) is 11.6 Å². The molecule has 9 heteroatoms. The molecule has 8 nitrogen and oxygen atoms in total. The van der Waals surface area contributed by atoms with E-state index in [-0.39, 0.29) is 5.92 Å². The van der Waals surface area contributed by atoms with Crippen LogP contribution in [0.5, 0.6) is 0 Å². The zero-order chi connectivity index (χ0) is 18.1. The van der Waals surface area contributed by atoms with Gasteiger partial charge in [0.05, 0.1) is 10.8 Å². The molecule has 1 aromatic carbocycles. The lowest BCUT2D eigenvalue weighted by molar-refractivity contribution is 0.217. The van der Waals surface area contributed by atoms with Crippen molar-refractivity contribution in [2.24, 2.45) is 0 Å². The fourth-order valence-electron chi connectivity index (χ4n) is 2.74. The van der Waals surface area contributed by atoms with Gasteiger partial charge in [-0.15, -0.1) is 0 Å². The van der Waals surface area contributed by atoms with Gasteiger partial charge in [0, 0.05) is 25.5 Å². The molecule has 0 atom stereocenters. The van der Waals surface area contributed by atoms with Crippen molar-refractivity contribution in [1.82, 2.24) is 24.4 Å². The largest absolute Gasteiger partial charge is 0.338 e. The van der Waals surface area contributed by atoms with Crippen molar-refractivity contribution in [1.29, 1.82) is 0 Å². The van der Waals surface area contributed by atoms with Crippen LogP contribution < -0.4 is 0 Å². The maximum atomic E-state index is 12.7. The summed E-state index contributed by atoms with van der Waals surface area (Å²) in [5.74, 6) is 0.962.